The summed E-state index contributed by atoms with van der Waals surface area (Å²) in [6.45, 7) is 2.68. The molecule has 0 aliphatic carbocycles. The molecule has 0 aromatic carbocycles. The van der Waals surface area contributed by atoms with Crippen LogP contribution >= 0.6 is 0 Å². The van der Waals surface area contributed by atoms with E-state index in [1.165, 1.54) is 0 Å². The fourth-order valence-electron chi connectivity index (χ4n) is 1.81. The lowest BCUT2D eigenvalue weighted by Gasteiger charge is -2.24. The van der Waals surface area contributed by atoms with Gasteiger partial charge in [0.05, 0.1) is 18.6 Å². The molecule has 1 aromatic heterocycles. The standard InChI is InChI=1S/C10H15N3O2/c1-10(6-15-5-8(10)11)9(14)7-3-4-12-13(7)2/h3-4,8H,5-6,11H2,1-2H3. The molecule has 15 heavy (non-hydrogen) atoms. The van der Waals surface area contributed by atoms with E-state index in [2.05, 4.69) is 5.10 Å². The molecule has 0 saturated carbocycles. The molecule has 5 heteroatoms. The molecule has 2 N–H and O–H groups in total. The summed E-state index contributed by atoms with van der Waals surface area (Å²) in [4.78, 5) is 12.2. The first-order valence-corrected chi connectivity index (χ1v) is 4.92. The normalized spacial score (nSPS) is 30.7. The summed E-state index contributed by atoms with van der Waals surface area (Å²) in [5.41, 5.74) is 5.86. The molecule has 2 unspecified atom stereocenters. The molecule has 1 aromatic rings. The van der Waals surface area contributed by atoms with Crippen LogP contribution in [0.1, 0.15) is 17.4 Å². The minimum Gasteiger partial charge on any atom is -0.379 e. The molecular weight excluding hydrogens is 194 g/mol. The number of Topliss-reactive ketones (excluding diaryl/α,β-unsaturated/α-hetero) is 1. The lowest BCUT2D eigenvalue weighted by molar-refractivity contribution is 0.0757. The highest BCUT2D eigenvalue weighted by Gasteiger charge is 2.45. The highest BCUT2D eigenvalue weighted by Crippen LogP contribution is 2.30. The van der Waals surface area contributed by atoms with Crippen molar-refractivity contribution in [2.45, 2.75) is 13.0 Å². The molecule has 2 rings (SSSR count). The van der Waals surface area contributed by atoms with Gasteiger partial charge in [-0.3, -0.25) is 9.48 Å². The van der Waals surface area contributed by atoms with Crippen molar-refractivity contribution < 1.29 is 9.53 Å². The van der Waals surface area contributed by atoms with Crippen molar-refractivity contribution >= 4 is 5.78 Å². The zero-order chi connectivity index (χ0) is 11.1. The molecule has 1 aliphatic heterocycles. The minimum atomic E-state index is -0.617. The second kappa shape index (κ2) is 3.43. The second-order valence-electron chi connectivity index (χ2n) is 4.21. The van der Waals surface area contributed by atoms with Crippen LogP contribution in [0, 0.1) is 5.41 Å². The van der Waals surface area contributed by atoms with Gasteiger partial charge in [0, 0.05) is 19.3 Å². The number of ketones is 1. The molecule has 0 spiro atoms. The van der Waals surface area contributed by atoms with E-state index in [0.717, 1.165) is 0 Å². The summed E-state index contributed by atoms with van der Waals surface area (Å²) in [7, 11) is 1.75. The average molecular weight is 209 g/mol. The van der Waals surface area contributed by atoms with E-state index >= 15 is 0 Å². The van der Waals surface area contributed by atoms with Gasteiger partial charge in [0.2, 0.25) is 0 Å². The summed E-state index contributed by atoms with van der Waals surface area (Å²) in [5, 5.41) is 3.98. The summed E-state index contributed by atoms with van der Waals surface area (Å²) < 4.78 is 6.82. The van der Waals surface area contributed by atoms with E-state index in [-0.39, 0.29) is 11.8 Å². The van der Waals surface area contributed by atoms with Crippen LogP contribution in [0.25, 0.3) is 0 Å². The fourth-order valence-corrected chi connectivity index (χ4v) is 1.81. The van der Waals surface area contributed by atoms with Gasteiger partial charge in [0.15, 0.2) is 5.78 Å². The van der Waals surface area contributed by atoms with Crippen LogP contribution in [-0.4, -0.2) is 34.8 Å². The lowest BCUT2D eigenvalue weighted by Crippen LogP contribution is -2.45. The highest BCUT2D eigenvalue weighted by molar-refractivity contribution is 5.99. The lowest BCUT2D eigenvalue weighted by atomic mass is 9.80. The fraction of sp³-hybridized carbons (Fsp3) is 0.600. The van der Waals surface area contributed by atoms with Crippen LogP contribution in [-0.2, 0) is 11.8 Å². The number of aromatic nitrogens is 2. The zero-order valence-corrected chi connectivity index (χ0v) is 8.93. The van der Waals surface area contributed by atoms with E-state index in [0.29, 0.717) is 18.9 Å². The number of nitrogens with zero attached hydrogens (tertiary/aromatic N) is 2. The van der Waals surface area contributed by atoms with Crippen molar-refractivity contribution in [1.82, 2.24) is 9.78 Å². The van der Waals surface area contributed by atoms with Crippen molar-refractivity contribution in [3.8, 4) is 0 Å². The molecule has 2 atom stereocenters. The maximum Gasteiger partial charge on any atom is 0.190 e. The number of hydrogen-bond donors (Lipinski definition) is 1. The molecule has 1 aliphatic rings. The van der Waals surface area contributed by atoms with Gasteiger partial charge >= 0.3 is 0 Å². The summed E-state index contributed by atoms with van der Waals surface area (Å²) in [5.74, 6) is 0.00694. The van der Waals surface area contributed by atoms with Crippen LogP contribution in [0.5, 0.6) is 0 Å². The maximum atomic E-state index is 12.2. The molecular formula is C10H15N3O2. The van der Waals surface area contributed by atoms with Crippen molar-refractivity contribution in [3.63, 3.8) is 0 Å². The Labute approximate surface area is 88.2 Å². The SMILES string of the molecule is Cn1nccc1C(=O)C1(C)COCC1N. The van der Waals surface area contributed by atoms with Gasteiger partial charge in [-0.15, -0.1) is 0 Å². The monoisotopic (exact) mass is 209 g/mol. The number of hydrogen-bond acceptors (Lipinski definition) is 4. The van der Waals surface area contributed by atoms with Gasteiger partial charge in [-0.25, -0.2) is 0 Å². The van der Waals surface area contributed by atoms with E-state index in [1.807, 2.05) is 6.92 Å². The number of carbonyl (C=O) groups is 1. The van der Waals surface area contributed by atoms with Crippen molar-refractivity contribution in [3.05, 3.63) is 18.0 Å². The predicted molar refractivity (Wildman–Crippen MR) is 54.4 cm³/mol. The third-order valence-corrected chi connectivity index (χ3v) is 3.09. The van der Waals surface area contributed by atoms with E-state index in [4.69, 9.17) is 10.5 Å². The first-order chi connectivity index (χ1) is 7.05. The summed E-state index contributed by atoms with van der Waals surface area (Å²) in [6.07, 6.45) is 1.61. The smallest absolute Gasteiger partial charge is 0.190 e. The molecule has 1 fully saturated rings. The quantitative estimate of drug-likeness (QED) is 0.694. The van der Waals surface area contributed by atoms with Gasteiger partial charge in [-0.1, -0.05) is 0 Å². The first-order valence-electron chi connectivity index (χ1n) is 4.92. The molecule has 0 radical (unpaired) electrons. The van der Waals surface area contributed by atoms with Gasteiger partial charge in [0.1, 0.15) is 5.69 Å². The topological polar surface area (TPSA) is 70.1 Å². The highest BCUT2D eigenvalue weighted by atomic mass is 16.5. The minimum absolute atomic E-state index is 0.00694. The Balaban J connectivity index is 2.32. The van der Waals surface area contributed by atoms with Gasteiger partial charge in [-0.05, 0) is 13.0 Å². The van der Waals surface area contributed by atoms with Gasteiger partial charge in [-0.2, -0.15) is 5.10 Å². The molecule has 0 amide bonds. The van der Waals surface area contributed by atoms with E-state index < -0.39 is 5.41 Å². The Hall–Kier alpha value is -1.20. The Morgan fingerprint density at radius 2 is 2.53 bits per heavy atom. The Morgan fingerprint density at radius 1 is 1.80 bits per heavy atom. The van der Waals surface area contributed by atoms with Crippen molar-refractivity contribution in [2.24, 2.45) is 18.2 Å². The maximum absolute atomic E-state index is 12.2. The van der Waals surface area contributed by atoms with E-state index in [9.17, 15) is 4.79 Å². The second-order valence-corrected chi connectivity index (χ2v) is 4.21. The number of aryl methyl sites for hydroxylation is 1. The third-order valence-electron chi connectivity index (χ3n) is 3.09. The van der Waals surface area contributed by atoms with Crippen LogP contribution in [0.15, 0.2) is 12.3 Å². The number of carbonyl (C=O) groups excluding carboxylic acids is 1. The van der Waals surface area contributed by atoms with E-state index in [1.54, 1.807) is 24.0 Å². The predicted octanol–water partition coefficient (Wildman–Crippen LogP) is -0.0334. The Bertz CT molecular complexity index is 388. The summed E-state index contributed by atoms with van der Waals surface area (Å²) >= 11 is 0. The van der Waals surface area contributed by atoms with Crippen LogP contribution in [0.2, 0.25) is 0 Å². The van der Waals surface area contributed by atoms with Crippen LogP contribution in [0.3, 0.4) is 0 Å². The Morgan fingerprint density at radius 3 is 3.00 bits per heavy atom. The van der Waals surface area contributed by atoms with Crippen LogP contribution in [0.4, 0.5) is 0 Å². The molecule has 82 valence electrons. The summed E-state index contributed by atoms with van der Waals surface area (Å²) in [6, 6.07) is 1.47. The molecule has 0 bridgehead atoms. The van der Waals surface area contributed by atoms with Crippen LogP contribution < -0.4 is 5.73 Å². The number of ether oxygens (including phenoxy) is 1. The number of rotatable bonds is 2. The van der Waals surface area contributed by atoms with Crippen molar-refractivity contribution in [2.75, 3.05) is 13.2 Å². The number of nitrogens with two attached hydrogens (primary N) is 1. The molecule has 2 heterocycles. The van der Waals surface area contributed by atoms with Gasteiger partial charge < -0.3 is 10.5 Å². The first kappa shape index (κ1) is 10.3. The average Bonchev–Trinajstić information content (AvgIpc) is 2.75. The Kier molecular flexibility index (Phi) is 2.36. The largest absolute Gasteiger partial charge is 0.379 e. The molecule has 5 nitrogen and oxygen atoms in total. The zero-order valence-electron chi connectivity index (χ0n) is 8.93. The molecule has 1 saturated heterocycles. The third kappa shape index (κ3) is 1.48. The van der Waals surface area contributed by atoms with Gasteiger partial charge in [0.25, 0.3) is 0 Å². The van der Waals surface area contributed by atoms with Crippen molar-refractivity contribution in [1.29, 1.82) is 0 Å².